The van der Waals surface area contributed by atoms with Gasteiger partial charge in [-0.1, -0.05) is 18.2 Å². The molecule has 9 heteroatoms. The zero-order valence-electron chi connectivity index (χ0n) is 18.9. The van der Waals surface area contributed by atoms with Crippen molar-refractivity contribution >= 4 is 45.1 Å². The van der Waals surface area contributed by atoms with E-state index in [1.807, 2.05) is 56.3 Å². The number of fused-ring (bicyclic) bond motifs is 4. The molecule has 5 rings (SSSR count). The summed E-state index contributed by atoms with van der Waals surface area (Å²) in [7, 11) is 0. The highest BCUT2D eigenvalue weighted by Crippen LogP contribution is 2.22. The molecule has 34 heavy (non-hydrogen) atoms. The van der Waals surface area contributed by atoms with Gasteiger partial charge in [0, 0.05) is 29.4 Å². The summed E-state index contributed by atoms with van der Waals surface area (Å²) in [6.45, 7) is 3.78. The lowest BCUT2D eigenvalue weighted by Crippen LogP contribution is -2.33. The van der Waals surface area contributed by atoms with Crippen molar-refractivity contribution in [1.29, 1.82) is 0 Å². The third kappa shape index (κ3) is 4.15. The second-order valence-corrected chi connectivity index (χ2v) is 8.11. The van der Waals surface area contributed by atoms with Crippen LogP contribution in [0, 0.1) is 13.8 Å². The monoisotopic (exact) mass is 453 g/mol. The van der Waals surface area contributed by atoms with E-state index in [9.17, 15) is 9.59 Å². The maximum atomic E-state index is 12.4. The van der Waals surface area contributed by atoms with Crippen LogP contribution < -0.4 is 10.6 Å². The molecular weight excluding hydrogens is 430 g/mol. The number of hydrogen-bond donors (Lipinski definition) is 2. The Morgan fingerprint density at radius 1 is 1.03 bits per heavy atom. The predicted octanol–water partition coefficient (Wildman–Crippen LogP) is 3.13. The number of carbonyl (C=O) groups is 2. The lowest BCUT2D eigenvalue weighted by molar-refractivity contribution is -0.124. The van der Waals surface area contributed by atoms with Gasteiger partial charge in [-0.05, 0) is 50.1 Å². The van der Waals surface area contributed by atoms with E-state index in [2.05, 4.69) is 25.7 Å². The fraction of sp³-hybridized carbons (Fsp3) is 0.200. The molecule has 0 atom stereocenters. The summed E-state index contributed by atoms with van der Waals surface area (Å²) in [5, 5.41) is 11.8. The Morgan fingerprint density at radius 2 is 1.88 bits per heavy atom. The molecular formula is C25H23N7O2. The van der Waals surface area contributed by atoms with Gasteiger partial charge in [0.2, 0.25) is 11.8 Å². The van der Waals surface area contributed by atoms with Crippen molar-refractivity contribution in [3.63, 3.8) is 0 Å². The number of rotatable bonds is 6. The number of aryl methyl sites for hydroxylation is 2. The average Bonchev–Trinajstić information content (AvgIpc) is 3.21. The zero-order chi connectivity index (χ0) is 23.7. The van der Waals surface area contributed by atoms with Gasteiger partial charge in [-0.25, -0.2) is 14.5 Å². The lowest BCUT2D eigenvalue weighted by atomic mass is 10.1. The van der Waals surface area contributed by atoms with Gasteiger partial charge in [-0.15, -0.1) is 5.10 Å². The first-order chi connectivity index (χ1) is 16.5. The van der Waals surface area contributed by atoms with Crippen LogP contribution in [0.25, 0.3) is 27.6 Å². The summed E-state index contributed by atoms with van der Waals surface area (Å²) < 4.78 is 1.78. The molecule has 2 N–H and O–H groups in total. The van der Waals surface area contributed by atoms with Crippen molar-refractivity contribution in [2.24, 2.45) is 0 Å². The summed E-state index contributed by atoms with van der Waals surface area (Å²) in [6.07, 6.45) is 4.03. The van der Waals surface area contributed by atoms with E-state index in [0.29, 0.717) is 17.8 Å². The molecule has 2 amide bonds. The fourth-order valence-corrected chi connectivity index (χ4v) is 4.08. The molecule has 0 radical (unpaired) electrons. The van der Waals surface area contributed by atoms with Gasteiger partial charge in [-0.2, -0.15) is 0 Å². The van der Waals surface area contributed by atoms with E-state index < -0.39 is 0 Å². The number of nitrogens with one attached hydrogen (secondary N) is 2. The molecule has 0 aliphatic carbocycles. The average molecular weight is 454 g/mol. The lowest BCUT2D eigenvalue weighted by Gasteiger charge is -2.11. The highest BCUT2D eigenvalue weighted by molar-refractivity contribution is 5.96. The van der Waals surface area contributed by atoms with E-state index >= 15 is 0 Å². The van der Waals surface area contributed by atoms with Crippen molar-refractivity contribution in [3.05, 3.63) is 71.8 Å². The highest BCUT2D eigenvalue weighted by Gasteiger charge is 2.16. The van der Waals surface area contributed by atoms with E-state index in [0.717, 1.165) is 38.9 Å². The van der Waals surface area contributed by atoms with Crippen molar-refractivity contribution in [3.8, 4) is 0 Å². The molecule has 0 unspecified atom stereocenters. The van der Waals surface area contributed by atoms with Crippen LogP contribution in [0.1, 0.15) is 23.4 Å². The molecule has 4 heterocycles. The Balaban J connectivity index is 1.20. The summed E-state index contributed by atoms with van der Waals surface area (Å²) in [6, 6.07) is 13.3. The number of amides is 2. The standard InChI is InChI=1S/C25H23N7O2/c1-15-19(16(2)32-25(29-15)20-7-5-11-26-24(20)31-32)9-10-22(33)28-14-23(34)30-18-12-17-6-3-4-8-21(17)27-13-18/h3-8,11-13H,9-10,14H2,1-2H3,(H,28,33)(H,30,34). The summed E-state index contributed by atoms with van der Waals surface area (Å²) in [5.74, 6) is -0.519. The Labute approximate surface area is 195 Å². The number of aromatic nitrogens is 5. The Bertz CT molecular complexity index is 1560. The van der Waals surface area contributed by atoms with E-state index in [-0.39, 0.29) is 24.8 Å². The zero-order valence-corrected chi connectivity index (χ0v) is 18.9. The molecule has 0 saturated carbocycles. The first-order valence-corrected chi connectivity index (χ1v) is 11.0. The van der Waals surface area contributed by atoms with Crippen LogP contribution in [0.4, 0.5) is 5.69 Å². The van der Waals surface area contributed by atoms with E-state index in [1.165, 1.54) is 0 Å². The third-order valence-corrected chi connectivity index (χ3v) is 5.81. The van der Waals surface area contributed by atoms with E-state index in [1.54, 1.807) is 16.9 Å². The predicted molar refractivity (Wildman–Crippen MR) is 129 cm³/mol. The second-order valence-electron chi connectivity index (χ2n) is 8.11. The third-order valence-electron chi connectivity index (χ3n) is 5.81. The number of benzene rings is 1. The second kappa shape index (κ2) is 8.86. The number of carbonyl (C=O) groups excluding carboxylic acids is 2. The molecule has 0 spiro atoms. The van der Waals surface area contributed by atoms with Gasteiger partial charge < -0.3 is 10.6 Å². The van der Waals surface area contributed by atoms with Crippen molar-refractivity contribution in [2.75, 3.05) is 11.9 Å². The Morgan fingerprint density at radius 3 is 2.76 bits per heavy atom. The molecule has 5 aromatic rings. The minimum Gasteiger partial charge on any atom is -0.347 e. The van der Waals surface area contributed by atoms with Crippen LogP contribution >= 0.6 is 0 Å². The maximum absolute atomic E-state index is 12.4. The number of para-hydroxylation sites is 1. The van der Waals surface area contributed by atoms with Crippen molar-refractivity contribution in [2.45, 2.75) is 26.7 Å². The molecule has 1 aromatic carbocycles. The summed E-state index contributed by atoms with van der Waals surface area (Å²) in [4.78, 5) is 38.0. The van der Waals surface area contributed by atoms with Gasteiger partial charge >= 0.3 is 0 Å². The molecule has 4 aromatic heterocycles. The van der Waals surface area contributed by atoms with Crippen LogP contribution in [-0.2, 0) is 16.0 Å². The van der Waals surface area contributed by atoms with Gasteiger partial charge in [0.1, 0.15) is 0 Å². The van der Waals surface area contributed by atoms with Gasteiger partial charge in [0.25, 0.3) is 0 Å². The molecule has 0 saturated heterocycles. The van der Waals surface area contributed by atoms with Crippen molar-refractivity contribution in [1.82, 2.24) is 29.9 Å². The van der Waals surface area contributed by atoms with Gasteiger partial charge in [0.05, 0.1) is 29.3 Å². The normalized spacial score (nSPS) is 11.2. The molecule has 0 aliphatic heterocycles. The molecule has 0 bridgehead atoms. The molecule has 0 fully saturated rings. The summed E-state index contributed by atoms with van der Waals surface area (Å²) in [5.41, 5.74) is 5.57. The SMILES string of the molecule is Cc1nc2c3cccnc3nn2c(C)c1CCC(=O)NCC(=O)Nc1cnc2ccccc2c1. The first kappa shape index (κ1) is 21.4. The van der Waals surface area contributed by atoms with Crippen LogP contribution in [0.3, 0.4) is 0 Å². The van der Waals surface area contributed by atoms with Crippen LogP contribution in [-0.4, -0.2) is 42.9 Å². The molecule has 0 aliphatic rings. The molecule has 9 nitrogen and oxygen atoms in total. The maximum Gasteiger partial charge on any atom is 0.243 e. The van der Waals surface area contributed by atoms with Gasteiger partial charge in [0.15, 0.2) is 11.3 Å². The Kier molecular flexibility index (Phi) is 5.59. The van der Waals surface area contributed by atoms with Gasteiger partial charge in [-0.3, -0.25) is 14.6 Å². The minimum absolute atomic E-state index is 0.114. The Hall–Kier alpha value is -4.40. The number of hydrogen-bond acceptors (Lipinski definition) is 6. The van der Waals surface area contributed by atoms with Crippen LogP contribution in [0.5, 0.6) is 0 Å². The summed E-state index contributed by atoms with van der Waals surface area (Å²) >= 11 is 0. The van der Waals surface area contributed by atoms with E-state index in [4.69, 9.17) is 4.98 Å². The topological polar surface area (TPSA) is 114 Å². The largest absolute Gasteiger partial charge is 0.347 e. The van der Waals surface area contributed by atoms with Crippen molar-refractivity contribution < 1.29 is 9.59 Å². The smallest absolute Gasteiger partial charge is 0.243 e. The minimum atomic E-state index is -0.309. The quantitative estimate of drug-likeness (QED) is 0.408. The number of nitrogens with zero attached hydrogens (tertiary/aromatic N) is 5. The van der Waals surface area contributed by atoms with Crippen LogP contribution in [0.2, 0.25) is 0 Å². The number of anilines is 1. The highest BCUT2D eigenvalue weighted by atomic mass is 16.2. The number of pyridine rings is 2. The fourth-order valence-electron chi connectivity index (χ4n) is 4.08. The molecule has 170 valence electrons. The van der Waals surface area contributed by atoms with Crippen LogP contribution in [0.15, 0.2) is 54.9 Å². The first-order valence-electron chi connectivity index (χ1n) is 11.0.